The van der Waals surface area contributed by atoms with E-state index < -0.39 is 0 Å². The lowest BCUT2D eigenvalue weighted by Gasteiger charge is -2.32. The first-order valence-electron chi connectivity index (χ1n) is 7.08. The number of anilines is 1. The van der Waals surface area contributed by atoms with Crippen LogP contribution < -0.4 is 10.6 Å². The van der Waals surface area contributed by atoms with Crippen LogP contribution in [0.3, 0.4) is 0 Å². The van der Waals surface area contributed by atoms with Crippen molar-refractivity contribution in [2.75, 3.05) is 11.4 Å². The first kappa shape index (κ1) is 12.2. The largest absolute Gasteiger partial charge is 0.423 e. The summed E-state index contributed by atoms with van der Waals surface area (Å²) >= 11 is 0. The summed E-state index contributed by atoms with van der Waals surface area (Å²) in [6.45, 7) is 0.840. The molecular weight excluding hydrogens is 270 g/mol. The van der Waals surface area contributed by atoms with Crippen LogP contribution in [0.25, 0.3) is 11.1 Å². The maximum atomic E-state index is 11.3. The van der Waals surface area contributed by atoms with Crippen LogP contribution >= 0.6 is 0 Å². The Bertz CT molecular complexity index is 785. The van der Waals surface area contributed by atoms with E-state index in [1.165, 1.54) is 0 Å². The summed E-state index contributed by atoms with van der Waals surface area (Å²) in [6, 6.07) is 8.28. The Kier molecular flexibility index (Phi) is 2.77. The maximum Gasteiger partial charge on any atom is 0.340 e. The number of para-hydroxylation sites is 2. The minimum Gasteiger partial charge on any atom is -0.423 e. The van der Waals surface area contributed by atoms with E-state index in [0.29, 0.717) is 11.8 Å². The molecule has 1 atom stereocenters. The second-order valence-electron chi connectivity index (χ2n) is 5.23. The normalized spacial score (nSPS) is 19.2. The van der Waals surface area contributed by atoms with Gasteiger partial charge in [0.2, 0.25) is 0 Å². The smallest absolute Gasteiger partial charge is 0.340 e. The van der Waals surface area contributed by atoms with Crippen molar-refractivity contribution in [1.29, 1.82) is 0 Å². The third-order valence-corrected chi connectivity index (χ3v) is 3.87. The van der Waals surface area contributed by atoms with Gasteiger partial charge in [-0.05, 0) is 31.4 Å². The van der Waals surface area contributed by atoms with Gasteiger partial charge in [-0.2, -0.15) is 10.1 Å². The van der Waals surface area contributed by atoms with Crippen LogP contribution in [-0.4, -0.2) is 26.7 Å². The highest BCUT2D eigenvalue weighted by Gasteiger charge is 2.29. The fourth-order valence-corrected chi connectivity index (χ4v) is 2.87. The molecule has 108 valence electrons. The zero-order valence-corrected chi connectivity index (χ0v) is 11.4. The van der Waals surface area contributed by atoms with E-state index in [1.807, 2.05) is 24.3 Å². The van der Waals surface area contributed by atoms with Crippen molar-refractivity contribution >= 4 is 17.1 Å². The van der Waals surface area contributed by atoms with Crippen LogP contribution in [0.5, 0.6) is 0 Å². The fraction of sp³-hybridized carbons (Fsp3) is 0.357. The van der Waals surface area contributed by atoms with Gasteiger partial charge in [0.05, 0.1) is 6.04 Å². The molecule has 0 bridgehead atoms. The molecule has 21 heavy (non-hydrogen) atoms. The van der Waals surface area contributed by atoms with Crippen LogP contribution in [0, 0.1) is 0 Å². The number of benzene rings is 1. The second-order valence-corrected chi connectivity index (χ2v) is 5.23. The van der Waals surface area contributed by atoms with Crippen molar-refractivity contribution in [3.63, 3.8) is 0 Å². The van der Waals surface area contributed by atoms with Crippen molar-refractivity contribution < 1.29 is 4.42 Å². The van der Waals surface area contributed by atoms with Crippen LogP contribution in [0.4, 0.5) is 6.01 Å². The van der Waals surface area contributed by atoms with E-state index in [-0.39, 0.29) is 11.7 Å². The topological polar surface area (TPSA) is 90.8 Å². The monoisotopic (exact) mass is 285 g/mol. The molecule has 1 saturated heterocycles. The highest BCUT2D eigenvalue weighted by molar-refractivity contribution is 5.74. The van der Waals surface area contributed by atoms with E-state index in [2.05, 4.69) is 25.1 Å². The molecule has 0 spiro atoms. The van der Waals surface area contributed by atoms with Crippen molar-refractivity contribution in [3.05, 3.63) is 40.6 Å². The van der Waals surface area contributed by atoms with Gasteiger partial charge in [-0.1, -0.05) is 12.1 Å². The zero-order valence-electron chi connectivity index (χ0n) is 11.4. The van der Waals surface area contributed by atoms with Gasteiger partial charge < -0.3 is 9.32 Å². The Morgan fingerprint density at radius 1 is 1.29 bits per heavy atom. The van der Waals surface area contributed by atoms with Crippen molar-refractivity contribution in [2.24, 2.45) is 0 Å². The van der Waals surface area contributed by atoms with Crippen LogP contribution in [0.2, 0.25) is 0 Å². The number of H-pyrrole nitrogens is 2. The minimum atomic E-state index is -0.284. The summed E-state index contributed by atoms with van der Waals surface area (Å²) in [4.78, 5) is 20.7. The number of oxazole rings is 1. The van der Waals surface area contributed by atoms with Gasteiger partial charge >= 0.3 is 5.69 Å². The molecule has 0 aliphatic carbocycles. The van der Waals surface area contributed by atoms with Crippen LogP contribution in [-0.2, 0) is 0 Å². The molecule has 0 radical (unpaired) electrons. The highest BCUT2D eigenvalue weighted by Crippen LogP contribution is 2.34. The Labute approximate surface area is 120 Å². The number of hydrogen-bond donors (Lipinski definition) is 2. The molecule has 0 saturated carbocycles. The molecule has 7 nitrogen and oxygen atoms in total. The molecule has 2 N–H and O–H groups in total. The summed E-state index contributed by atoms with van der Waals surface area (Å²) in [5, 5.41) is 6.49. The number of aromatic nitrogens is 4. The van der Waals surface area contributed by atoms with Crippen molar-refractivity contribution in [3.8, 4) is 0 Å². The number of hydrogen-bond acceptors (Lipinski definition) is 5. The van der Waals surface area contributed by atoms with Crippen molar-refractivity contribution in [2.45, 2.75) is 25.3 Å². The molecule has 0 amide bonds. The molecule has 7 heteroatoms. The van der Waals surface area contributed by atoms with Gasteiger partial charge in [0.25, 0.3) is 6.01 Å². The minimum absolute atomic E-state index is 0.00855. The van der Waals surface area contributed by atoms with E-state index in [4.69, 9.17) is 4.42 Å². The third kappa shape index (κ3) is 2.10. The first-order chi connectivity index (χ1) is 10.3. The summed E-state index contributed by atoms with van der Waals surface area (Å²) in [6.07, 6.45) is 3.08. The maximum absolute atomic E-state index is 11.3. The molecular formula is C14H15N5O2. The lowest BCUT2D eigenvalue weighted by atomic mass is 10.0. The zero-order chi connectivity index (χ0) is 14.2. The van der Waals surface area contributed by atoms with Gasteiger partial charge in [-0.25, -0.2) is 9.89 Å². The third-order valence-electron chi connectivity index (χ3n) is 3.87. The predicted octanol–water partition coefficient (Wildman–Crippen LogP) is 1.97. The Hall–Kier alpha value is -2.57. The van der Waals surface area contributed by atoms with Crippen LogP contribution in [0.15, 0.2) is 33.5 Å². The number of rotatable bonds is 2. The van der Waals surface area contributed by atoms with Gasteiger partial charge in [0, 0.05) is 6.54 Å². The number of nitrogens with one attached hydrogen (secondary N) is 2. The SMILES string of the molecule is O=c1[nH]nc(C2CCCCN2c2nc3ccccc3o2)[nH]1. The van der Waals surface area contributed by atoms with Gasteiger partial charge in [-0.3, -0.25) is 4.98 Å². The molecule has 3 heterocycles. The second kappa shape index (κ2) is 4.76. The molecule has 1 fully saturated rings. The molecule has 1 unspecified atom stereocenters. The van der Waals surface area contributed by atoms with E-state index in [0.717, 1.165) is 36.9 Å². The molecule has 1 aromatic carbocycles. The Morgan fingerprint density at radius 2 is 2.19 bits per heavy atom. The molecule has 1 aliphatic rings. The quantitative estimate of drug-likeness (QED) is 0.751. The van der Waals surface area contributed by atoms with Crippen molar-refractivity contribution in [1.82, 2.24) is 20.2 Å². The lowest BCUT2D eigenvalue weighted by Crippen LogP contribution is -2.34. The Morgan fingerprint density at radius 3 is 3.00 bits per heavy atom. The lowest BCUT2D eigenvalue weighted by molar-refractivity contribution is 0.421. The number of piperidine rings is 1. The first-order valence-corrected chi connectivity index (χ1v) is 7.08. The van der Waals surface area contributed by atoms with Crippen LogP contribution in [0.1, 0.15) is 31.1 Å². The summed E-state index contributed by atoms with van der Waals surface area (Å²) in [7, 11) is 0. The van der Waals surface area contributed by atoms with E-state index >= 15 is 0 Å². The van der Waals surface area contributed by atoms with Gasteiger partial charge in [-0.15, -0.1) is 0 Å². The van der Waals surface area contributed by atoms with Gasteiger partial charge in [0.15, 0.2) is 11.4 Å². The number of aromatic amines is 2. The summed E-state index contributed by atoms with van der Waals surface area (Å²) in [5.41, 5.74) is 1.33. The molecule has 1 aliphatic heterocycles. The van der Waals surface area contributed by atoms with Gasteiger partial charge in [0.1, 0.15) is 5.52 Å². The number of nitrogens with zero attached hydrogens (tertiary/aromatic N) is 3. The molecule has 3 aromatic rings. The summed E-state index contributed by atoms with van der Waals surface area (Å²) in [5.74, 6) is 0.641. The molecule has 2 aromatic heterocycles. The Balaban J connectivity index is 1.74. The highest BCUT2D eigenvalue weighted by atomic mass is 16.4. The number of fused-ring (bicyclic) bond motifs is 1. The fourth-order valence-electron chi connectivity index (χ4n) is 2.87. The average Bonchev–Trinajstić information content (AvgIpc) is 3.13. The average molecular weight is 285 g/mol. The summed E-state index contributed by atoms with van der Waals surface area (Å²) < 4.78 is 5.85. The standard InChI is InChI=1S/C14H15N5O2/c20-13-16-12(17-18-13)10-6-3-4-8-19(10)14-15-9-5-1-2-7-11(9)21-14/h1-2,5,7,10H,3-4,6,8H2,(H2,16,17,18,20). The van der Waals surface area contributed by atoms with E-state index in [1.54, 1.807) is 0 Å². The molecule has 4 rings (SSSR count). The predicted molar refractivity (Wildman–Crippen MR) is 77.2 cm³/mol. The van der Waals surface area contributed by atoms with E-state index in [9.17, 15) is 4.79 Å².